The Kier molecular flexibility index (Phi) is 2.84. The third-order valence-corrected chi connectivity index (χ3v) is 5.12. The van der Waals surface area contributed by atoms with Crippen LogP contribution in [0.5, 0.6) is 0 Å². The fourth-order valence-electron chi connectivity index (χ4n) is 2.97. The lowest BCUT2D eigenvalue weighted by Crippen LogP contribution is -2.13. The summed E-state index contributed by atoms with van der Waals surface area (Å²) in [4.78, 5) is 13.3. The molecule has 3 heterocycles. The van der Waals surface area contributed by atoms with Gasteiger partial charge in [0.2, 0.25) is 0 Å². The molecule has 1 aromatic carbocycles. The zero-order chi connectivity index (χ0) is 15.2. The van der Waals surface area contributed by atoms with E-state index in [1.807, 2.05) is 35.8 Å². The highest BCUT2D eigenvalue weighted by molar-refractivity contribution is 7.09. The molecule has 114 valence electrons. The number of nitrogens with one attached hydrogen (secondary N) is 1. The fraction of sp³-hybridized carbons (Fsp3) is 0.235. The van der Waals surface area contributed by atoms with E-state index >= 15 is 0 Å². The number of para-hydroxylation sites is 1. The van der Waals surface area contributed by atoms with Crippen molar-refractivity contribution in [3.05, 3.63) is 47.2 Å². The molecule has 1 atom stereocenters. The van der Waals surface area contributed by atoms with E-state index < -0.39 is 0 Å². The highest BCUT2D eigenvalue weighted by Crippen LogP contribution is 2.44. The van der Waals surface area contributed by atoms with Crippen molar-refractivity contribution in [2.75, 3.05) is 5.32 Å². The number of nitrogens with zero attached hydrogens (tertiary/aromatic N) is 3. The van der Waals surface area contributed by atoms with Gasteiger partial charge in [-0.3, -0.25) is 0 Å². The quantitative estimate of drug-likeness (QED) is 0.603. The molecule has 0 amide bonds. The van der Waals surface area contributed by atoms with Gasteiger partial charge in [0, 0.05) is 17.0 Å². The summed E-state index contributed by atoms with van der Waals surface area (Å²) in [5, 5.41) is 7.69. The molecule has 0 aliphatic heterocycles. The molecule has 0 unspecified atom stereocenters. The standard InChI is InChI=1S/C17H14N4OS/c1-2-4-12-11(3-1)14-15(22-12)16(20-9-19-14)21-13(10-5-6-10)17-18-7-8-23-17/h1-4,7-10,13H,5-6H2,(H,19,20,21)/t13-/m1/s1. The molecule has 0 bridgehead atoms. The molecule has 1 aliphatic carbocycles. The Morgan fingerprint density at radius 1 is 1.17 bits per heavy atom. The van der Waals surface area contributed by atoms with E-state index in [0.717, 1.165) is 32.9 Å². The van der Waals surface area contributed by atoms with Gasteiger partial charge in [-0.05, 0) is 30.9 Å². The van der Waals surface area contributed by atoms with Gasteiger partial charge in [-0.1, -0.05) is 12.1 Å². The molecule has 23 heavy (non-hydrogen) atoms. The second kappa shape index (κ2) is 5.03. The normalized spacial score (nSPS) is 16.0. The summed E-state index contributed by atoms with van der Waals surface area (Å²) >= 11 is 1.68. The van der Waals surface area contributed by atoms with E-state index in [2.05, 4.69) is 20.3 Å². The number of anilines is 1. The van der Waals surface area contributed by atoms with Gasteiger partial charge in [0.15, 0.2) is 11.4 Å². The maximum Gasteiger partial charge on any atom is 0.196 e. The third kappa shape index (κ3) is 2.17. The fourth-order valence-corrected chi connectivity index (χ4v) is 3.75. The molecule has 3 aromatic heterocycles. The Balaban J connectivity index is 1.62. The molecule has 1 fully saturated rings. The van der Waals surface area contributed by atoms with Crippen molar-refractivity contribution in [1.29, 1.82) is 0 Å². The second-order valence-corrected chi connectivity index (χ2v) is 6.75. The summed E-state index contributed by atoms with van der Waals surface area (Å²) < 4.78 is 6.00. The number of furan rings is 1. The van der Waals surface area contributed by atoms with E-state index in [0.29, 0.717) is 5.92 Å². The van der Waals surface area contributed by atoms with E-state index in [1.165, 1.54) is 12.8 Å². The summed E-state index contributed by atoms with van der Waals surface area (Å²) in [7, 11) is 0. The summed E-state index contributed by atoms with van der Waals surface area (Å²) in [5.74, 6) is 1.37. The van der Waals surface area contributed by atoms with Crippen molar-refractivity contribution >= 4 is 39.2 Å². The van der Waals surface area contributed by atoms with Crippen LogP contribution in [-0.2, 0) is 0 Å². The lowest BCUT2D eigenvalue weighted by Gasteiger charge is -2.16. The maximum atomic E-state index is 6.00. The molecule has 4 aromatic rings. The first-order chi connectivity index (χ1) is 11.4. The van der Waals surface area contributed by atoms with Gasteiger partial charge in [-0.25, -0.2) is 15.0 Å². The molecule has 1 N–H and O–H groups in total. The number of thiazole rings is 1. The first-order valence-corrected chi connectivity index (χ1v) is 8.56. The highest BCUT2D eigenvalue weighted by Gasteiger charge is 2.34. The SMILES string of the molecule is c1ccc2c(c1)oc1c(N[C@@H](c3nccs3)C3CC3)ncnc12. The number of fused-ring (bicyclic) bond motifs is 3. The van der Waals surface area contributed by atoms with E-state index in [4.69, 9.17) is 4.42 Å². The van der Waals surface area contributed by atoms with Crippen LogP contribution >= 0.6 is 11.3 Å². The third-order valence-electron chi connectivity index (χ3n) is 4.26. The van der Waals surface area contributed by atoms with Gasteiger partial charge in [0.25, 0.3) is 0 Å². The second-order valence-electron chi connectivity index (χ2n) is 5.83. The largest absolute Gasteiger partial charge is 0.450 e. The van der Waals surface area contributed by atoms with Gasteiger partial charge in [-0.2, -0.15) is 0 Å². The molecule has 0 radical (unpaired) electrons. The van der Waals surface area contributed by atoms with Crippen molar-refractivity contribution in [2.45, 2.75) is 18.9 Å². The molecular formula is C17H14N4OS. The van der Waals surface area contributed by atoms with Crippen LogP contribution in [0.1, 0.15) is 23.9 Å². The van der Waals surface area contributed by atoms with E-state index in [1.54, 1.807) is 17.7 Å². The Hall–Kier alpha value is -2.47. The van der Waals surface area contributed by atoms with Gasteiger partial charge < -0.3 is 9.73 Å². The van der Waals surface area contributed by atoms with Gasteiger partial charge >= 0.3 is 0 Å². The monoisotopic (exact) mass is 322 g/mol. The van der Waals surface area contributed by atoms with Crippen molar-refractivity contribution in [1.82, 2.24) is 15.0 Å². The molecule has 6 heteroatoms. The Morgan fingerprint density at radius 2 is 2.09 bits per heavy atom. The first kappa shape index (κ1) is 13.0. The molecular weight excluding hydrogens is 308 g/mol. The Morgan fingerprint density at radius 3 is 2.91 bits per heavy atom. The minimum Gasteiger partial charge on any atom is -0.450 e. The summed E-state index contributed by atoms with van der Waals surface area (Å²) in [6.07, 6.45) is 5.91. The molecule has 1 aliphatic rings. The van der Waals surface area contributed by atoms with Crippen LogP contribution in [0.15, 0.2) is 46.6 Å². The van der Waals surface area contributed by atoms with Crippen molar-refractivity contribution in [2.24, 2.45) is 5.92 Å². The van der Waals surface area contributed by atoms with Crippen molar-refractivity contribution < 1.29 is 4.42 Å². The van der Waals surface area contributed by atoms with Crippen LogP contribution in [-0.4, -0.2) is 15.0 Å². The van der Waals surface area contributed by atoms with Crippen LogP contribution in [0, 0.1) is 5.92 Å². The summed E-state index contributed by atoms with van der Waals surface area (Å²) in [6.45, 7) is 0. The zero-order valence-electron chi connectivity index (χ0n) is 12.3. The van der Waals surface area contributed by atoms with Crippen molar-refractivity contribution in [3.63, 3.8) is 0 Å². The van der Waals surface area contributed by atoms with Crippen molar-refractivity contribution in [3.8, 4) is 0 Å². The Labute approximate surface area is 136 Å². The molecule has 5 nitrogen and oxygen atoms in total. The predicted octanol–water partition coefficient (Wildman–Crippen LogP) is 4.40. The lowest BCUT2D eigenvalue weighted by molar-refractivity contribution is 0.649. The average molecular weight is 322 g/mol. The van der Waals surface area contributed by atoms with Crippen LogP contribution in [0.25, 0.3) is 22.1 Å². The highest BCUT2D eigenvalue weighted by atomic mass is 32.1. The van der Waals surface area contributed by atoms with Gasteiger partial charge in [0.05, 0.1) is 6.04 Å². The number of benzene rings is 1. The van der Waals surface area contributed by atoms with E-state index in [-0.39, 0.29) is 6.04 Å². The van der Waals surface area contributed by atoms with Crippen LogP contribution in [0.2, 0.25) is 0 Å². The molecule has 1 saturated carbocycles. The maximum absolute atomic E-state index is 6.00. The number of hydrogen-bond donors (Lipinski definition) is 1. The predicted molar refractivity (Wildman–Crippen MR) is 90.5 cm³/mol. The number of aromatic nitrogens is 3. The minimum absolute atomic E-state index is 0.196. The van der Waals surface area contributed by atoms with Crippen LogP contribution < -0.4 is 5.32 Å². The summed E-state index contributed by atoms with van der Waals surface area (Å²) in [5.41, 5.74) is 2.41. The number of rotatable bonds is 4. The minimum atomic E-state index is 0.196. The lowest BCUT2D eigenvalue weighted by atomic mass is 10.2. The average Bonchev–Trinajstić information content (AvgIpc) is 3.14. The van der Waals surface area contributed by atoms with E-state index in [9.17, 15) is 0 Å². The Bertz CT molecular complexity index is 975. The topological polar surface area (TPSA) is 63.8 Å². The zero-order valence-corrected chi connectivity index (χ0v) is 13.1. The van der Waals surface area contributed by atoms with Gasteiger partial charge in [0.1, 0.15) is 22.4 Å². The smallest absolute Gasteiger partial charge is 0.196 e. The molecule has 5 rings (SSSR count). The van der Waals surface area contributed by atoms with Crippen LogP contribution in [0.4, 0.5) is 5.82 Å². The summed E-state index contributed by atoms with van der Waals surface area (Å²) in [6, 6.07) is 8.14. The van der Waals surface area contributed by atoms with Gasteiger partial charge in [-0.15, -0.1) is 11.3 Å². The molecule has 0 spiro atoms. The first-order valence-electron chi connectivity index (χ1n) is 7.68. The number of hydrogen-bond acceptors (Lipinski definition) is 6. The molecule has 0 saturated heterocycles. The van der Waals surface area contributed by atoms with Crippen LogP contribution in [0.3, 0.4) is 0 Å².